The van der Waals surface area contributed by atoms with Crippen molar-refractivity contribution >= 4 is 11.4 Å². The highest BCUT2D eigenvalue weighted by atomic mass is 14.8. The topological polar surface area (TPSA) is 25.2 Å². The molecule has 0 saturated carbocycles. The van der Waals surface area contributed by atoms with Crippen LogP contribution in [0, 0.1) is 0 Å². The van der Waals surface area contributed by atoms with E-state index in [2.05, 4.69) is 126 Å². The zero-order valence-electron chi connectivity index (χ0n) is 22.3. The minimum atomic E-state index is 0.378. The molecule has 0 N–H and O–H groups in total. The summed E-state index contributed by atoms with van der Waals surface area (Å²) in [5.74, 6) is 0.756. The van der Waals surface area contributed by atoms with Gasteiger partial charge in [0, 0.05) is 11.1 Å². The van der Waals surface area contributed by atoms with Gasteiger partial charge in [-0.05, 0) is 53.5 Å². The quantitative estimate of drug-likeness (QED) is 0.222. The molecule has 2 heteroatoms. The number of para-hydroxylation sites is 1. The number of aryl methyl sites for hydroxylation is 1. The van der Waals surface area contributed by atoms with Gasteiger partial charge < -0.3 is 0 Å². The van der Waals surface area contributed by atoms with E-state index in [-0.39, 0.29) is 0 Å². The molecule has 0 unspecified atom stereocenters. The Bertz CT molecular complexity index is 1280. The SMILES string of the molecule is CCCCc1cc(C(=Nc2c(C(C)C)cccc2C(C)C)c2ccccc2)nc(-c2ccccc2)c1. The van der Waals surface area contributed by atoms with Gasteiger partial charge in [-0.15, -0.1) is 0 Å². The molecular formula is C34H38N2. The molecule has 4 rings (SSSR count). The summed E-state index contributed by atoms with van der Waals surface area (Å²) in [4.78, 5) is 10.7. The van der Waals surface area contributed by atoms with Crippen LogP contribution in [0.5, 0.6) is 0 Å². The molecule has 0 saturated heterocycles. The summed E-state index contributed by atoms with van der Waals surface area (Å²) in [6.07, 6.45) is 3.36. The first-order valence-corrected chi connectivity index (χ1v) is 13.3. The van der Waals surface area contributed by atoms with Crippen LogP contribution in [-0.4, -0.2) is 10.7 Å². The van der Waals surface area contributed by atoms with E-state index in [1.54, 1.807) is 0 Å². The second-order valence-corrected chi connectivity index (χ2v) is 10.1. The summed E-state index contributed by atoms with van der Waals surface area (Å²) < 4.78 is 0. The van der Waals surface area contributed by atoms with Crippen molar-refractivity contribution in [2.75, 3.05) is 0 Å². The van der Waals surface area contributed by atoms with Crippen molar-refractivity contribution in [2.45, 2.75) is 65.7 Å². The van der Waals surface area contributed by atoms with Gasteiger partial charge in [-0.3, -0.25) is 0 Å². The number of hydrogen-bond acceptors (Lipinski definition) is 2. The van der Waals surface area contributed by atoms with Gasteiger partial charge >= 0.3 is 0 Å². The maximum absolute atomic E-state index is 5.45. The molecule has 0 amide bonds. The molecule has 0 aliphatic rings. The lowest BCUT2D eigenvalue weighted by Crippen LogP contribution is -2.09. The molecule has 0 bridgehead atoms. The van der Waals surface area contributed by atoms with Crippen LogP contribution in [0.4, 0.5) is 5.69 Å². The van der Waals surface area contributed by atoms with Gasteiger partial charge in [0.15, 0.2) is 0 Å². The van der Waals surface area contributed by atoms with Crippen LogP contribution < -0.4 is 0 Å². The Morgan fingerprint density at radius 2 is 1.36 bits per heavy atom. The molecular weight excluding hydrogens is 436 g/mol. The first-order valence-electron chi connectivity index (χ1n) is 13.3. The van der Waals surface area contributed by atoms with Crippen LogP contribution in [0.2, 0.25) is 0 Å². The molecule has 1 heterocycles. The third kappa shape index (κ3) is 5.99. The Labute approximate surface area is 217 Å². The fraction of sp³-hybridized carbons (Fsp3) is 0.294. The van der Waals surface area contributed by atoms with Crippen LogP contribution in [0.15, 0.2) is 96.0 Å². The molecule has 3 aromatic carbocycles. The van der Waals surface area contributed by atoms with Crippen LogP contribution in [0.25, 0.3) is 11.3 Å². The van der Waals surface area contributed by atoms with Gasteiger partial charge in [0.1, 0.15) is 0 Å². The summed E-state index contributed by atoms with van der Waals surface area (Å²) in [5, 5.41) is 0. The highest BCUT2D eigenvalue weighted by Gasteiger charge is 2.18. The average Bonchev–Trinajstić information content (AvgIpc) is 2.91. The van der Waals surface area contributed by atoms with Crippen LogP contribution in [0.1, 0.15) is 87.2 Å². The molecule has 0 aliphatic carbocycles. The number of rotatable bonds is 9. The van der Waals surface area contributed by atoms with Crippen LogP contribution in [-0.2, 0) is 6.42 Å². The van der Waals surface area contributed by atoms with Crippen molar-refractivity contribution < 1.29 is 0 Å². The molecule has 0 fully saturated rings. The third-order valence-electron chi connectivity index (χ3n) is 6.63. The summed E-state index contributed by atoms with van der Waals surface area (Å²) in [6, 6.07) is 32.1. The Hall–Kier alpha value is -3.52. The lowest BCUT2D eigenvalue weighted by Gasteiger charge is -2.18. The van der Waals surface area contributed by atoms with E-state index < -0.39 is 0 Å². The average molecular weight is 475 g/mol. The lowest BCUT2D eigenvalue weighted by molar-refractivity contribution is 0.794. The van der Waals surface area contributed by atoms with Gasteiger partial charge in [-0.25, -0.2) is 9.98 Å². The molecule has 2 nitrogen and oxygen atoms in total. The second kappa shape index (κ2) is 11.9. The largest absolute Gasteiger partial charge is 0.246 e. The molecule has 1 aromatic heterocycles. The van der Waals surface area contributed by atoms with E-state index in [1.165, 1.54) is 16.7 Å². The van der Waals surface area contributed by atoms with Crippen molar-refractivity contribution in [3.63, 3.8) is 0 Å². The minimum absolute atomic E-state index is 0.378. The lowest BCUT2D eigenvalue weighted by atomic mass is 9.92. The molecule has 184 valence electrons. The first-order chi connectivity index (χ1) is 17.5. The molecule has 36 heavy (non-hydrogen) atoms. The molecule has 0 radical (unpaired) electrons. The van der Waals surface area contributed by atoms with Crippen LogP contribution >= 0.6 is 0 Å². The first kappa shape index (κ1) is 25.6. The molecule has 4 aromatic rings. The van der Waals surface area contributed by atoms with E-state index in [9.17, 15) is 0 Å². The Morgan fingerprint density at radius 3 is 1.94 bits per heavy atom. The van der Waals surface area contributed by atoms with Crippen molar-refractivity contribution in [2.24, 2.45) is 4.99 Å². The Morgan fingerprint density at radius 1 is 0.750 bits per heavy atom. The minimum Gasteiger partial charge on any atom is -0.246 e. The van der Waals surface area contributed by atoms with E-state index in [0.717, 1.165) is 53.2 Å². The summed E-state index contributed by atoms with van der Waals surface area (Å²) in [5.41, 5.74) is 10.0. The van der Waals surface area contributed by atoms with Gasteiger partial charge in [-0.2, -0.15) is 0 Å². The number of aliphatic imine (C=N–C) groups is 1. The highest BCUT2D eigenvalue weighted by Crippen LogP contribution is 2.36. The fourth-order valence-corrected chi connectivity index (χ4v) is 4.61. The monoisotopic (exact) mass is 474 g/mol. The van der Waals surface area contributed by atoms with E-state index in [1.807, 2.05) is 0 Å². The van der Waals surface area contributed by atoms with Crippen molar-refractivity contribution in [3.8, 4) is 11.3 Å². The normalized spacial score (nSPS) is 11.9. The Balaban J connectivity index is 1.99. The number of hydrogen-bond donors (Lipinski definition) is 0. The van der Waals surface area contributed by atoms with Crippen molar-refractivity contribution in [3.05, 3.63) is 119 Å². The summed E-state index contributed by atoms with van der Waals surface area (Å²) >= 11 is 0. The molecule has 0 atom stereocenters. The van der Waals surface area contributed by atoms with Crippen molar-refractivity contribution in [1.29, 1.82) is 0 Å². The van der Waals surface area contributed by atoms with Gasteiger partial charge in [-0.1, -0.05) is 120 Å². The van der Waals surface area contributed by atoms with E-state index >= 15 is 0 Å². The summed E-state index contributed by atoms with van der Waals surface area (Å²) in [6.45, 7) is 11.2. The van der Waals surface area contributed by atoms with Gasteiger partial charge in [0.25, 0.3) is 0 Å². The number of nitrogens with zero attached hydrogens (tertiary/aromatic N) is 2. The smallest absolute Gasteiger partial charge is 0.0966 e. The van der Waals surface area contributed by atoms with Crippen LogP contribution in [0.3, 0.4) is 0 Å². The maximum Gasteiger partial charge on any atom is 0.0966 e. The van der Waals surface area contributed by atoms with Gasteiger partial charge in [0.2, 0.25) is 0 Å². The zero-order valence-corrected chi connectivity index (χ0v) is 22.3. The number of benzene rings is 3. The maximum atomic E-state index is 5.45. The van der Waals surface area contributed by atoms with Gasteiger partial charge in [0.05, 0.1) is 22.8 Å². The third-order valence-corrected chi connectivity index (χ3v) is 6.63. The predicted octanol–water partition coefficient (Wildman–Crippen LogP) is 9.51. The number of aromatic nitrogens is 1. The number of pyridine rings is 1. The summed E-state index contributed by atoms with van der Waals surface area (Å²) in [7, 11) is 0. The van der Waals surface area contributed by atoms with E-state index in [4.69, 9.17) is 9.98 Å². The predicted molar refractivity (Wildman–Crippen MR) is 155 cm³/mol. The number of unbranched alkanes of at least 4 members (excludes halogenated alkanes) is 1. The van der Waals surface area contributed by atoms with Crippen molar-refractivity contribution in [1.82, 2.24) is 4.98 Å². The second-order valence-electron chi connectivity index (χ2n) is 10.1. The zero-order chi connectivity index (χ0) is 25.5. The molecule has 0 spiro atoms. The Kier molecular flexibility index (Phi) is 8.48. The molecule has 0 aliphatic heterocycles. The van der Waals surface area contributed by atoms with E-state index in [0.29, 0.717) is 11.8 Å². The standard InChI is InChI=1S/C34H38N2/c1-6-7-15-26-22-31(27-16-10-8-11-17-27)35-32(23-26)33(28-18-12-9-13-19-28)36-34-29(24(2)3)20-14-21-30(34)25(4)5/h8-14,16-25H,6-7,15H2,1-5H3. The highest BCUT2D eigenvalue weighted by molar-refractivity contribution is 6.13. The fourth-order valence-electron chi connectivity index (χ4n) is 4.61.